The fraction of sp³-hybridized carbons (Fsp3) is 0.0909. The second-order valence-electron chi connectivity index (χ2n) is 2.99. The first-order valence-corrected chi connectivity index (χ1v) is 4.71. The van der Waals surface area contributed by atoms with E-state index in [1.807, 2.05) is 37.4 Å². The molecule has 1 heterocycles. The van der Waals surface area contributed by atoms with Gasteiger partial charge in [0, 0.05) is 25.1 Å². The molecule has 0 saturated heterocycles. The molecule has 0 bridgehead atoms. The molecule has 0 unspecified atom stereocenters. The molecule has 0 saturated carbocycles. The summed E-state index contributed by atoms with van der Waals surface area (Å²) in [5.74, 6) is 1.47. The zero-order valence-electron chi connectivity index (χ0n) is 8.44. The van der Waals surface area contributed by atoms with Gasteiger partial charge in [0.1, 0.15) is 0 Å². The van der Waals surface area contributed by atoms with Gasteiger partial charge in [0.15, 0.2) is 11.6 Å². The number of aromatic nitrogens is 2. The zero-order chi connectivity index (χ0) is 10.5. The van der Waals surface area contributed by atoms with Crippen molar-refractivity contribution in [3.63, 3.8) is 0 Å². The first kappa shape index (κ1) is 9.45. The molecule has 4 nitrogen and oxygen atoms in total. The molecule has 1 aromatic carbocycles. The maximum Gasteiger partial charge on any atom is 0.173 e. The van der Waals surface area contributed by atoms with Crippen molar-refractivity contribution < 1.29 is 0 Å². The van der Waals surface area contributed by atoms with Crippen LogP contribution in [0.5, 0.6) is 0 Å². The van der Waals surface area contributed by atoms with Crippen LogP contribution in [0.1, 0.15) is 0 Å². The lowest BCUT2D eigenvalue weighted by molar-refractivity contribution is 1.18. The summed E-state index contributed by atoms with van der Waals surface area (Å²) in [5, 5.41) is 6.17. The number of para-hydroxylation sites is 1. The van der Waals surface area contributed by atoms with Crippen molar-refractivity contribution >= 4 is 17.3 Å². The van der Waals surface area contributed by atoms with Crippen LogP contribution in [0.2, 0.25) is 0 Å². The van der Waals surface area contributed by atoms with Gasteiger partial charge in [-0.25, -0.2) is 9.97 Å². The van der Waals surface area contributed by atoms with Crippen LogP contribution < -0.4 is 10.6 Å². The van der Waals surface area contributed by atoms with Gasteiger partial charge in [0.05, 0.1) is 0 Å². The van der Waals surface area contributed by atoms with Crippen LogP contribution in [-0.4, -0.2) is 17.0 Å². The molecule has 0 aliphatic heterocycles. The number of nitrogens with one attached hydrogen (secondary N) is 2. The third-order valence-electron chi connectivity index (χ3n) is 1.97. The first-order valence-electron chi connectivity index (χ1n) is 4.71. The maximum atomic E-state index is 4.21. The Morgan fingerprint density at radius 1 is 0.933 bits per heavy atom. The minimum Gasteiger partial charge on any atom is -0.370 e. The molecule has 2 N–H and O–H groups in total. The van der Waals surface area contributed by atoms with E-state index in [1.165, 1.54) is 0 Å². The average molecular weight is 200 g/mol. The summed E-state index contributed by atoms with van der Waals surface area (Å²) in [6.45, 7) is 0. The van der Waals surface area contributed by atoms with E-state index in [4.69, 9.17) is 0 Å². The lowest BCUT2D eigenvalue weighted by atomic mass is 10.3. The quantitative estimate of drug-likeness (QED) is 0.798. The SMILES string of the molecule is CNc1nccnc1Nc1ccccc1. The Balaban J connectivity index is 2.24. The molecule has 2 rings (SSSR count). The Kier molecular flexibility index (Phi) is 2.78. The van der Waals surface area contributed by atoms with Gasteiger partial charge in [0.2, 0.25) is 0 Å². The van der Waals surface area contributed by atoms with Crippen molar-refractivity contribution in [3.8, 4) is 0 Å². The van der Waals surface area contributed by atoms with Crippen LogP contribution in [0.25, 0.3) is 0 Å². The van der Waals surface area contributed by atoms with Crippen LogP contribution in [0.3, 0.4) is 0 Å². The molecule has 0 aliphatic carbocycles. The lowest BCUT2D eigenvalue weighted by Gasteiger charge is -2.08. The molecule has 15 heavy (non-hydrogen) atoms. The summed E-state index contributed by atoms with van der Waals surface area (Å²) < 4.78 is 0. The van der Waals surface area contributed by atoms with Gasteiger partial charge in [-0.3, -0.25) is 0 Å². The Bertz CT molecular complexity index is 428. The van der Waals surface area contributed by atoms with E-state index < -0.39 is 0 Å². The van der Waals surface area contributed by atoms with Crippen molar-refractivity contribution in [3.05, 3.63) is 42.7 Å². The summed E-state index contributed by atoms with van der Waals surface area (Å²) in [6.07, 6.45) is 3.31. The first-order chi connectivity index (χ1) is 7.40. The van der Waals surface area contributed by atoms with E-state index >= 15 is 0 Å². The Hall–Kier alpha value is -2.10. The van der Waals surface area contributed by atoms with Crippen molar-refractivity contribution in [2.75, 3.05) is 17.7 Å². The highest BCUT2D eigenvalue weighted by atomic mass is 15.1. The summed E-state index contributed by atoms with van der Waals surface area (Å²) in [4.78, 5) is 8.37. The molecular formula is C11H12N4. The molecule has 4 heteroatoms. The minimum atomic E-state index is 0.728. The summed E-state index contributed by atoms with van der Waals surface area (Å²) in [5.41, 5.74) is 0.995. The fourth-order valence-electron chi connectivity index (χ4n) is 1.27. The van der Waals surface area contributed by atoms with Gasteiger partial charge < -0.3 is 10.6 Å². The molecule has 0 atom stereocenters. The number of anilines is 3. The van der Waals surface area contributed by atoms with Gasteiger partial charge in [-0.15, -0.1) is 0 Å². The number of hydrogen-bond acceptors (Lipinski definition) is 4. The maximum absolute atomic E-state index is 4.21. The number of hydrogen-bond donors (Lipinski definition) is 2. The van der Waals surface area contributed by atoms with Crippen LogP contribution in [0.4, 0.5) is 17.3 Å². The van der Waals surface area contributed by atoms with Crippen molar-refractivity contribution in [2.24, 2.45) is 0 Å². The molecule has 1 aromatic heterocycles. The summed E-state index contributed by atoms with van der Waals surface area (Å²) in [7, 11) is 1.82. The Morgan fingerprint density at radius 3 is 2.27 bits per heavy atom. The molecule has 76 valence electrons. The Labute approximate surface area is 88.4 Å². The molecule has 0 radical (unpaired) electrons. The highest BCUT2D eigenvalue weighted by Crippen LogP contribution is 2.19. The molecule has 0 spiro atoms. The van der Waals surface area contributed by atoms with Crippen LogP contribution in [0.15, 0.2) is 42.7 Å². The third-order valence-corrected chi connectivity index (χ3v) is 1.97. The Morgan fingerprint density at radius 2 is 1.60 bits per heavy atom. The lowest BCUT2D eigenvalue weighted by Crippen LogP contribution is -2.01. The van der Waals surface area contributed by atoms with Crippen LogP contribution >= 0.6 is 0 Å². The van der Waals surface area contributed by atoms with Gasteiger partial charge in [-0.1, -0.05) is 18.2 Å². The van der Waals surface area contributed by atoms with E-state index in [1.54, 1.807) is 12.4 Å². The number of nitrogens with zero attached hydrogens (tertiary/aromatic N) is 2. The second-order valence-corrected chi connectivity index (χ2v) is 2.99. The van der Waals surface area contributed by atoms with E-state index in [9.17, 15) is 0 Å². The van der Waals surface area contributed by atoms with Crippen molar-refractivity contribution in [1.29, 1.82) is 0 Å². The van der Waals surface area contributed by atoms with Gasteiger partial charge >= 0.3 is 0 Å². The highest BCUT2D eigenvalue weighted by molar-refractivity contribution is 5.66. The fourth-order valence-corrected chi connectivity index (χ4v) is 1.27. The topological polar surface area (TPSA) is 49.8 Å². The van der Waals surface area contributed by atoms with Crippen molar-refractivity contribution in [2.45, 2.75) is 0 Å². The molecule has 0 aliphatic rings. The van der Waals surface area contributed by atoms with E-state index in [0.717, 1.165) is 17.3 Å². The van der Waals surface area contributed by atoms with Crippen LogP contribution in [0, 0.1) is 0 Å². The highest BCUT2D eigenvalue weighted by Gasteiger charge is 2.01. The molecule has 0 fully saturated rings. The van der Waals surface area contributed by atoms with Gasteiger partial charge in [0.25, 0.3) is 0 Å². The monoisotopic (exact) mass is 200 g/mol. The average Bonchev–Trinajstić information content (AvgIpc) is 2.31. The summed E-state index contributed by atoms with van der Waals surface area (Å²) in [6, 6.07) is 9.87. The van der Waals surface area contributed by atoms with E-state index in [0.29, 0.717) is 0 Å². The smallest absolute Gasteiger partial charge is 0.173 e. The largest absolute Gasteiger partial charge is 0.370 e. The second kappa shape index (κ2) is 4.41. The minimum absolute atomic E-state index is 0.728. The molecule has 0 amide bonds. The van der Waals surface area contributed by atoms with Gasteiger partial charge in [-0.05, 0) is 12.1 Å². The predicted molar refractivity (Wildman–Crippen MR) is 61.3 cm³/mol. The van der Waals surface area contributed by atoms with Crippen LogP contribution in [-0.2, 0) is 0 Å². The summed E-state index contributed by atoms with van der Waals surface area (Å²) >= 11 is 0. The van der Waals surface area contributed by atoms with Crippen molar-refractivity contribution in [1.82, 2.24) is 9.97 Å². The normalized spacial score (nSPS) is 9.67. The van der Waals surface area contributed by atoms with Gasteiger partial charge in [-0.2, -0.15) is 0 Å². The predicted octanol–water partition coefficient (Wildman–Crippen LogP) is 2.26. The van der Waals surface area contributed by atoms with E-state index in [-0.39, 0.29) is 0 Å². The number of benzene rings is 1. The third kappa shape index (κ3) is 2.22. The zero-order valence-corrected chi connectivity index (χ0v) is 8.44. The molecular weight excluding hydrogens is 188 g/mol. The standard InChI is InChI=1S/C11H12N4/c1-12-10-11(14-8-7-13-10)15-9-5-3-2-4-6-9/h2-8H,1H3,(H,12,13)(H,14,15). The van der Waals surface area contributed by atoms with E-state index in [2.05, 4.69) is 20.6 Å². The molecule has 2 aromatic rings. The number of rotatable bonds is 3.